The Labute approximate surface area is 112 Å². The number of rotatable bonds is 2. The molecule has 1 amide bonds. The molecule has 1 fully saturated rings. The van der Waals surface area contributed by atoms with Crippen LogP contribution in [0.4, 0.5) is 0 Å². The van der Waals surface area contributed by atoms with Gasteiger partial charge in [-0.05, 0) is 26.2 Å². The third kappa shape index (κ3) is 2.71. The van der Waals surface area contributed by atoms with Gasteiger partial charge in [-0.15, -0.1) is 0 Å². The SMILES string of the molecule is Cc1cc(=O)c(C(=O)N2CCCC[C@H]2CO)cn1C. The molecule has 1 saturated heterocycles. The van der Waals surface area contributed by atoms with Crippen molar-refractivity contribution in [1.82, 2.24) is 9.47 Å². The average Bonchev–Trinajstić information content (AvgIpc) is 2.42. The summed E-state index contributed by atoms with van der Waals surface area (Å²) in [6, 6.07) is 1.32. The molecule has 1 N–H and O–H groups in total. The molecule has 2 rings (SSSR count). The lowest BCUT2D eigenvalue weighted by molar-refractivity contribution is 0.0501. The van der Waals surface area contributed by atoms with Crippen molar-refractivity contribution in [2.45, 2.75) is 32.2 Å². The summed E-state index contributed by atoms with van der Waals surface area (Å²) in [7, 11) is 1.81. The van der Waals surface area contributed by atoms with E-state index in [-0.39, 0.29) is 29.5 Å². The molecule has 0 radical (unpaired) electrons. The second-order valence-electron chi connectivity index (χ2n) is 5.13. The average molecular weight is 264 g/mol. The van der Waals surface area contributed by atoms with Crippen LogP contribution < -0.4 is 5.43 Å². The van der Waals surface area contributed by atoms with Gasteiger partial charge in [-0.1, -0.05) is 0 Å². The molecule has 1 atom stereocenters. The number of nitrogens with zero attached hydrogens (tertiary/aromatic N) is 2. The van der Waals surface area contributed by atoms with Gasteiger partial charge < -0.3 is 14.6 Å². The van der Waals surface area contributed by atoms with Crippen LogP contribution in [0.5, 0.6) is 0 Å². The second-order valence-corrected chi connectivity index (χ2v) is 5.13. The highest BCUT2D eigenvalue weighted by Crippen LogP contribution is 2.18. The van der Waals surface area contributed by atoms with Gasteiger partial charge in [0.25, 0.3) is 5.91 Å². The van der Waals surface area contributed by atoms with Gasteiger partial charge in [0.1, 0.15) is 5.56 Å². The molecule has 0 saturated carbocycles. The summed E-state index contributed by atoms with van der Waals surface area (Å²) < 4.78 is 1.77. The Morgan fingerprint density at radius 2 is 2.21 bits per heavy atom. The number of aliphatic hydroxyl groups excluding tert-OH is 1. The lowest BCUT2D eigenvalue weighted by atomic mass is 10.0. The van der Waals surface area contributed by atoms with E-state index in [0.29, 0.717) is 6.54 Å². The Morgan fingerprint density at radius 3 is 2.89 bits per heavy atom. The molecule has 5 heteroatoms. The lowest BCUT2D eigenvalue weighted by Gasteiger charge is -2.34. The Kier molecular flexibility index (Phi) is 4.04. The highest BCUT2D eigenvalue weighted by Gasteiger charge is 2.28. The van der Waals surface area contributed by atoms with E-state index in [1.165, 1.54) is 6.07 Å². The topological polar surface area (TPSA) is 62.5 Å². The van der Waals surface area contributed by atoms with Crippen LogP contribution in [0.3, 0.4) is 0 Å². The number of aliphatic hydroxyl groups is 1. The third-order valence-corrected chi connectivity index (χ3v) is 3.81. The van der Waals surface area contributed by atoms with E-state index in [4.69, 9.17) is 0 Å². The maximum absolute atomic E-state index is 12.5. The summed E-state index contributed by atoms with van der Waals surface area (Å²) in [4.78, 5) is 26.0. The van der Waals surface area contributed by atoms with Crippen LogP contribution in [-0.2, 0) is 7.05 Å². The molecule has 19 heavy (non-hydrogen) atoms. The largest absolute Gasteiger partial charge is 0.394 e. The number of likely N-dealkylation sites (tertiary alicyclic amines) is 1. The van der Waals surface area contributed by atoms with Crippen LogP contribution in [0.25, 0.3) is 0 Å². The number of carbonyl (C=O) groups excluding carboxylic acids is 1. The van der Waals surface area contributed by atoms with Crippen molar-refractivity contribution in [2.75, 3.05) is 13.2 Å². The minimum atomic E-state index is -0.264. The zero-order valence-electron chi connectivity index (χ0n) is 11.4. The first-order valence-corrected chi connectivity index (χ1v) is 6.63. The number of aryl methyl sites for hydroxylation is 2. The zero-order valence-corrected chi connectivity index (χ0v) is 11.4. The van der Waals surface area contributed by atoms with E-state index < -0.39 is 0 Å². The van der Waals surface area contributed by atoms with E-state index in [9.17, 15) is 14.7 Å². The summed E-state index contributed by atoms with van der Waals surface area (Å²) in [6.07, 6.45) is 4.33. The van der Waals surface area contributed by atoms with Crippen LogP contribution in [0.2, 0.25) is 0 Å². The molecule has 1 aliphatic heterocycles. The molecule has 2 heterocycles. The molecule has 1 aromatic rings. The van der Waals surface area contributed by atoms with Gasteiger partial charge in [0.05, 0.1) is 12.6 Å². The normalized spacial score (nSPS) is 19.5. The third-order valence-electron chi connectivity index (χ3n) is 3.81. The highest BCUT2D eigenvalue weighted by atomic mass is 16.3. The van der Waals surface area contributed by atoms with Gasteiger partial charge in [-0.2, -0.15) is 0 Å². The fourth-order valence-electron chi connectivity index (χ4n) is 2.50. The van der Waals surface area contributed by atoms with Crippen molar-refractivity contribution >= 4 is 5.91 Å². The molecule has 0 bridgehead atoms. The highest BCUT2D eigenvalue weighted by molar-refractivity contribution is 5.94. The van der Waals surface area contributed by atoms with Crippen molar-refractivity contribution in [3.63, 3.8) is 0 Å². The Bertz CT molecular complexity index is 536. The molecule has 0 aliphatic carbocycles. The first kappa shape index (κ1) is 13.8. The summed E-state index contributed by atoms with van der Waals surface area (Å²) in [5, 5.41) is 9.35. The summed E-state index contributed by atoms with van der Waals surface area (Å²) >= 11 is 0. The van der Waals surface area contributed by atoms with Gasteiger partial charge in [0, 0.05) is 31.5 Å². The van der Waals surface area contributed by atoms with Crippen molar-refractivity contribution < 1.29 is 9.90 Å². The first-order valence-electron chi connectivity index (χ1n) is 6.63. The van der Waals surface area contributed by atoms with E-state index in [0.717, 1.165) is 25.0 Å². The van der Waals surface area contributed by atoms with Gasteiger partial charge >= 0.3 is 0 Å². The Morgan fingerprint density at radius 1 is 1.47 bits per heavy atom. The minimum absolute atomic E-state index is 0.0437. The van der Waals surface area contributed by atoms with Crippen LogP contribution in [-0.4, -0.2) is 39.7 Å². The number of aromatic nitrogens is 1. The molecule has 1 aliphatic rings. The fraction of sp³-hybridized carbons (Fsp3) is 0.571. The number of hydrogen-bond donors (Lipinski definition) is 1. The molecule has 5 nitrogen and oxygen atoms in total. The van der Waals surface area contributed by atoms with E-state index in [1.807, 2.05) is 14.0 Å². The predicted molar refractivity (Wildman–Crippen MR) is 72.2 cm³/mol. The van der Waals surface area contributed by atoms with Crippen LogP contribution in [0.15, 0.2) is 17.1 Å². The molecule has 1 aromatic heterocycles. The quantitative estimate of drug-likeness (QED) is 0.854. The van der Waals surface area contributed by atoms with Gasteiger partial charge in [0.2, 0.25) is 0 Å². The standard InChI is InChI=1S/C14H20N2O3/c1-10-7-13(18)12(8-15(10)2)14(19)16-6-4-3-5-11(16)9-17/h7-8,11,17H,3-6,9H2,1-2H3/t11-/m0/s1. The fourth-order valence-corrected chi connectivity index (χ4v) is 2.50. The Hall–Kier alpha value is -1.62. The van der Waals surface area contributed by atoms with Crippen LogP contribution >= 0.6 is 0 Å². The maximum Gasteiger partial charge on any atom is 0.259 e. The van der Waals surface area contributed by atoms with Crippen LogP contribution in [0.1, 0.15) is 35.3 Å². The molecule has 104 valence electrons. The molecule has 0 unspecified atom stereocenters. The van der Waals surface area contributed by atoms with Crippen molar-refractivity contribution in [3.8, 4) is 0 Å². The Balaban J connectivity index is 2.33. The number of amides is 1. The van der Waals surface area contributed by atoms with Crippen molar-refractivity contribution in [1.29, 1.82) is 0 Å². The van der Waals surface area contributed by atoms with Gasteiger partial charge in [-0.25, -0.2) is 0 Å². The number of hydrogen-bond acceptors (Lipinski definition) is 3. The predicted octanol–water partition coefficient (Wildman–Crippen LogP) is 0.681. The molecular weight excluding hydrogens is 244 g/mol. The van der Waals surface area contributed by atoms with E-state index in [2.05, 4.69) is 0 Å². The molecule has 0 spiro atoms. The lowest BCUT2D eigenvalue weighted by Crippen LogP contribution is -2.47. The number of carbonyl (C=O) groups is 1. The summed E-state index contributed by atoms with van der Waals surface area (Å²) in [6.45, 7) is 2.39. The van der Waals surface area contributed by atoms with Crippen molar-refractivity contribution in [2.24, 2.45) is 7.05 Å². The minimum Gasteiger partial charge on any atom is -0.394 e. The zero-order chi connectivity index (χ0) is 14.0. The van der Waals surface area contributed by atoms with Crippen LogP contribution in [0, 0.1) is 6.92 Å². The second kappa shape index (κ2) is 5.57. The van der Waals surface area contributed by atoms with Crippen molar-refractivity contribution in [3.05, 3.63) is 33.7 Å². The maximum atomic E-state index is 12.5. The summed E-state index contributed by atoms with van der Waals surface area (Å²) in [5.74, 6) is -0.264. The van der Waals surface area contributed by atoms with E-state index >= 15 is 0 Å². The number of pyridine rings is 1. The molecule has 0 aromatic carbocycles. The smallest absolute Gasteiger partial charge is 0.259 e. The number of piperidine rings is 1. The van der Waals surface area contributed by atoms with E-state index in [1.54, 1.807) is 15.7 Å². The first-order chi connectivity index (χ1) is 9.04. The summed E-state index contributed by atoms with van der Waals surface area (Å²) in [5.41, 5.74) is 0.759. The van der Waals surface area contributed by atoms with Gasteiger partial charge in [0.15, 0.2) is 5.43 Å². The monoisotopic (exact) mass is 264 g/mol. The molecular formula is C14H20N2O3. The van der Waals surface area contributed by atoms with Gasteiger partial charge in [-0.3, -0.25) is 9.59 Å².